The first-order chi connectivity index (χ1) is 10.0. The fraction of sp³-hybridized carbons (Fsp3) is 0.214. The summed E-state index contributed by atoms with van der Waals surface area (Å²) in [6.45, 7) is 0.487. The van der Waals surface area contributed by atoms with Gasteiger partial charge in [0.2, 0.25) is 6.79 Å². The van der Waals surface area contributed by atoms with Gasteiger partial charge >= 0.3 is 0 Å². The van der Waals surface area contributed by atoms with Crippen molar-refractivity contribution in [2.75, 3.05) is 19.6 Å². The lowest BCUT2D eigenvalue weighted by Crippen LogP contribution is -2.26. The molecule has 0 bridgehead atoms. The Kier molecular flexibility index (Phi) is 3.50. The minimum absolute atomic E-state index is 0.142. The van der Waals surface area contributed by atoms with Gasteiger partial charge in [-0.1, -0.05) is 0 Å². The van der Waals surface area contributed by atoms with Crippen molar-refractivity contribution in [1.29, 1.82) is 0 Å². The number of anilines is 1. The average molecular weight is 353 g/mol. The van der Waals surface area contributed by atoms with E-state index in [0.717, 1.165) is 0 Å². The summed E-state index contributed by atoms with van der Waals surface area (Å²) >= 11 is 3.23. The number of halogens is 1. The summed E-state index contributed by atoms with van der Waals surface area (Å²) in [5, 5.41) is 0. The van der Waals surface area contributed by atoms with Crippen LogP contribution < -0.4 is 15.2 Å². The van der Waals surface area contributed by atoms with Gasteiger partial charge in [-0.25, -0.2) is 0 Å². The monoisotopic (exact) mass is 352 g/mol. The third-order valence-electron chi connectivity index (χ3n) is 3.14. The van der Waals surface area contributed by atoms with Crippen LogP contribution in [0.2, 0.25) is 0 Å². The molecule has 0 aliphatic carbocycles. The molecule has 6 nitrogen and oxygen atoms in total. The number of ether oxygens (including phenoxy) is 2. The summed E-state index contributed by atoms with van der Waals surface area (Å²) < 4.78 is 16.5. The lowest BCUT2D eigenvalue weighted by molar-refractivity contribution is 0.0775. The molecule has 0 spiro atoms. The van der Waals surface area contributed by atoms with E-state index in [0.29, 0.717) is 39.7 Å². The Balaban J connectivity index is 1.81. The zero-order valence-electron chi connectivity index (χ0n) is 11.3. The number of benzene rings is 1. The van der Waals surface area contributed by atoms with Crippen molar-refractivity contribution in [1.82, 2.24) is 4.90 Å². The number of amides is 1. The van der Waals surface area contributed by atoms with Crippen molar-refractivity contribution in [3.8, 4) is 11.5 Å². The maximum Gasteiger partial charge on any atom is 0.256 e. The second-order valence-electron chi connectivity index (χ2n) is 4.66. The normalized spacial score (nSPS) is 12.5. The Labute approximate surface area is 129 Å². The largest absolute Gasteiger partial charge is 0.454 e. The Bertz CT molecular complexity index is 698. The molecule has 1 aromatic heterocycles. The molecule has 1 aliphatic rings. The molecule has 0 atom stereocenters. The molecular weight excluding hydrogens is 340 g/mol. The quantitative estimate of drug-likeness (QED) is 0.859. The summed E-state index contributed by atoms with van der Waals surface area (Å²) in [5.74, 6) is 1.55. The van der Waals surface area contributed by atoms with Crippen LogP contribution >= 0.6 is 15.9 Å². The lowest BCUT2D eigenvalue weighted by atomic mass is 10.1. The van der Waals surface area contributed by atoms with Gasteiger partial charge in [0.05, 0.1) is 12.1 Å². The Morgan fingerprint density at radius 1 is 1.33 bits per heavy atom. The van der Waals surface area contributed by atoms with Crippen molar-refractivity contribution in [3.05, 3.63) is 40.3 Å². The number of furan rings is 1. The van der Waals surface area contributed by atoms with Crippen LogP contribution in [0.5, 0.6) is 11.5 Å². The van der Waals surface area contributed by atoms with E-state index in [-0.39, 0.29) is 12.7 Å². The van der Waals surface area contributed by atoms with E-state index in [2.05, 4.69) is 15.9 Å². The van der Waals surface area contributed by atoms with E-state index in [4.69, 9.17) is 19.6 Å². The number of nitrogens with zero attached hydrogens (tertiary/aromatic N) is 1. The molecule has 2 aromatic rings. The van der Waals surface area contributed by atoms with Gasteiger partial charge in [-0.15, -0.1) is 0 Å². The van der Waals surface area contributed by atoms with E-state index in [1.807, 2.05) is 0 Å². The topological polar surface area (TPSA) is 77.9 Å². The molecule has 1 aromatic carbocycles. The summed E-state index contributed by atoms with van der Waals surface area (Å²) in [7, 11) is 1.68. The van der Waals surface area contributed by atoms with Crippen molar-refractivity contribution in [2.45, 2.75) is 6.54 Å². The Hall–Kier alpha value is -2.15. The molecular formula is C14H13BrN2O4. The van der Waals surface area contributed by atoms with Crippen LogP contribution in [0.3, 0.4) is 0 Å². The van der Waals surface area contributed by atoms with Crippen LogP contribution in [-0.2, 0) is 6.54 Å². The fourth-order valence-electron chi connectivity index (χ4n) is 2.09. The molecule has 0 unspecified atom stereocenters. The Morgan fingerprint density at radius 3 is 2.71 bits per heavy atom. The highest BCUT2D eigenvalue weighted by Gasteiger charge is 2.22. The smallest absolute Gasteiger partial charge is 0.256 e. The first kappa shape index (κ1) is 13.8. The first-order valence-corrected chi connectivity index (χ1v) is 7.02. The first-order valence-electron chi connectivity index (χ1n) is 6.23. The molecule has 0 saturated carbocycles. The summed E-state index contributed by atoms with van der Waals surface area (Å²) in [5.41, 5.74) is 6.66. The second kappa shape index (κ2) is 5.33. The van der Waals surface area contributed by atoms with Gasteiger partial charge in [-0.3, -0.25) is 4.79 Å². The van der Waals surface area contributed by atoms with Crippen LogP contribution in [0.4, 0.5) is 5.69 Å². The number of hydrogen-bond donors (Lipinski definition) is 1. The van der Waals surface area contributed by atoms with E-state index < -0.39 is 0 Å². The van der Waals surface area contributed by atoms with Crippen LogP contribution in [0, 0.1) is 0 Å². The zero-order valence-corrected chi connectivity index (χ0v) is 12.8. The molecule has 1 amide bonds. The van der Waals surface area contributed by atoms with E-state index in [1.165, 1.54) is 4.90 Å². The van der Waals surface area contributed by atoms with Gasteiger partial charge in [-0.05, 0) is 34.1 Å². The van der Waals surface area contributed by atoms with Crippen LogP contribution in [0.15, 0.2) is 33.4 Å². The van der Waals surface area contributed by atoms with E-state index in [9.17, 15) is 4.79 Å². The molecule has 7 heteroatoms. The maximum absolute atomic E-state index is 12.5. The van der Waals surface area contributed by atoms with Crippen molar-refractivity contribution in [3.63, 3.8) is 0 Å². The number of carbonyl (C=O) groups is 1. The second-order valence-corrected chi connectivity index (χ2v) is 5.44. The fourth-order valence-corrected chi connectivity index (χ4v) is 2.43. The van der Waals surface area contributed by atoms with Crippen LogP contribution in [-0.4, -0.2) is 24.6 Å². The SMILES string of the molecule is CN(Cc1ccc(Br)o1)C(=O)c1cc2c(cc1N)OCO2. The molecule has 2 N–H and O–H groups in total. The number of hydrogen-bond acceptors (Lipinski definition) is 5. The van der Waals surface area contributed by atoms with E-state index in [1.54, 1.807) is 31.3 Å². The molecule has 0 radical (unpaired) electrons. The molecule has 110 valence electrons. The van der Waals surface area contributed by atoms with Gasteiger partial charge in [0, 0.05) is 18.8 Å². The summed E-state index contributed by atoms with van der Waals surface area (Å²) in [6.07, 6.45) is 0. The molecule has 0 fully saturated rings. The standard InChI is InChI=1S/C14H13BrN2O4/c1-17(6-8-2-3-13(15)21-8)14(18)9-4-11-12(5-10(9)16)20-7-19-11/h2-5H,6-7,16H2,1H3. The molecule has 21 heavy (non-hydrogen) atoms. The molecule has 3 rings (SSSR count). The van der Waals surface area contributed by atoms with Crippen LogP contribution in [0.25, 0.3) is 0 Å². The number of nitrogens with two attached hydrogens (primary N) is 1. The van der Waals surface area contributed by atoms with Crippen LogP contribution in [0.1, 0.15) is 16.1 Å². The molecule has 2 heterocycles. The minimum atomic E-state index is -0.210. The number of fused-ring (bicyclic) bond motifs is 1. The van der Waals surface area contributed by atoms with Gasteiger partial charge in [0.25, 0.3) is 5.91 Å². The Morgan fingerprint density at radius 2 is 2.05 bits per heavy atom. The van der Waals surface area contributed by atoms with Gasteiger partial charge in [0.15, 0.2) is 16.2 Å². The third kappa shape index (κ3) is 2.69. The average Bonchev–Trinajstić information content (AvgIpc) is 3.05. The highest BCUT2D eigenvalue weighted by molar-refractivity contribution is 9.10. The van der Waals surface area contributed by atoms with Gasteiger partial charge < -0.3 is 24.5 Å². The number of carbonyl (C=O) groups excluding carboxylic acids is 1. The zero-order chi connectivity index (χ0) is 15.0. The maximum atomic E-state index is 12.5. The predicted octanol–water partition coefficient (Wildman–Crippen LogP) is 2.63. The minimum Gasteiger partial charge on any atom is -0.454 e. The lowest BCUT2D eigenvalue weighted by Gasteiger charge is -2.17. The van der Waals surface area contributed by atoms with Crippen molar-refractivity contribution in [2.24, 2.45) is 0 Å². The van der Waals surface area contributed by atoms with Crippen molar-refractivity contribution < 1.29 is 18.7 Å². The van der Waals surface area contributed by atoms with E-state index >= 15 is 0 Å². The molecule has 0 saturated heterocycles. The predicted molar refractivity (Wildman–Crippen MR) is 79.2 cm³/mol. The van der Waals surface area contributed by atoms with Crippen molar-refractivity contribution >= 4 is 27.5 Å². The summed E-state index contributed by atoms with van der Waals surface area (Å²) in [4.78, 5) is 14.0. The highest BCUT2D eigenvalue weighted by atomic mass is 79.9. The van der Waals surface area contributed by atoms with Gasteiger partial charge in [0.1, 0.15) is 5.76 Å². The highest BCUT2D eigenvalue weighted by Crippen LogP contribution is 2.36. The number of rotatable bonds is 3. The third-order valence-corrected chi connectivity index (χ3v) is 3.57. The summed E-state index contributed by atoms with van der Waals surface area (Å²) in [6, 6.07) is 6.79. The number of nitrogen functional groups attached to an aromatic ring is 1. The molecule has 1 aliphatic heterocycles. The van der Waals surface area contributed by atoms with Gasteiger partial charge in [-0.2, -0.15) is 0 Å².